The first kappa shape index (κ1) is 17.2. The summed E-state index contributed by atoms with van der Waals surface area (Å²) in [6.07, 6.45) is -3.52. The van der Waals surface area contributed by atoms with Crippen molar-refractivity contribution < 1.29 is 22.3 Å². The molecule has 1 N–H and O–H groups in total. The van der Waals surface area contributed by atoms with E-state index in [1.165, 1.54) is 6.07 Å². The normalized spacial score (nSPS) is 13.5. The van der Waals surface area contributed by atoms with Crippen molar-refractivity contribution in [3.8, 4) is 0 Å². The number of hydrogen-bond acceptors (Lipinski definition) is 2. The summed E-state index contributed by atoms with van der Waals surface area (Å²) in [5.41, 5.74) is 0.613. The van der Waals surface area contributed by atoms with Crippen LogP contribution in [0.25, 0.3) is 0 Å². The Morgan fingerprint density at radius 3 is 2.65 bits per heavy atom. The predicted molar refractivity (Wildman–Crippen MR) is 69.5 cm³/mol. The molecule has 0 aliphatic heterocycles. The SMILES string of the molecule is CNC(CCOCC(F)(F)F)Cc1cccc(F)c1Cl. The van der Waals surface area contributed by atoms with Crippen molar-refractivity contribution in [1.29, 1.82) is 0 Å². The summed E-state index contributed by atoms with van der Waals surface area (Å²) in [6.45, 7) is -1.29. The standard InChI is InChI=1S/C13H16ClF4NO/c1-19-10(5-6-20-8-13(16,17)18)7-9-3-2-4-11(15)12(9)14/h2-4,10,19H,5-8H2,1H3. The minimum absolute atomic E-state index is 0.0298. The lowest BCUT2D eigenvalue weighted by molar-refractivity contribution is -0.174. The molecule has 0 spiro atoms. The average molecular weight is 314 g/mol. The molecule has 0 saturated heterocycles. The van der Waals surface area contributed by atoms with Gasteiger partial charge in [0.25, 0.3) is 0 Å². The first-order chi connectivity index (χ1) is 9.33. The predicted octanol–water partition coefficient (Wildman–Crippen LogP) is 3.58. The molecule has 7 heteroatoms. The Labute approximate surface area is 120 Å². The quantitative estimate of drug-likeness (QED) is 0.614. The van der Waals surface area contributed by atoms with E-state index < -0.39 is 18.6 Å². The summed E-state index contributed by atoms with van der Waals surface area (Å²) < 4.78 is 53.5. The highest BCUT2D eigenvalue weighted by molar-refractivity contribution is 6.31. The highest BCUT2D eigenvalue weighted by atomic mass is 35.5. The maximum absolute atomic E-state index is 13.3. The number of nitrogens with one attached hydrogen (secondary N) is 1. The van der Waals surface area contributed by atoms with Gasteiger partial charge in [-0.25, -0.2) is 4.39 Å². The molecule has 20 heavy (non-hydrogen) atoms. The fourth-order valence-electron chi connectivity index (χ4n) is 1.73. The highest BCUT2D eigenvalue weighted by Gasteiger charge is 2.27. The Kier molecular flexibility index (Phi) is 6.71. The van der Waals surface area contributed by atoms with Crippen molar-refractivity contribution >= 4 is 11.6 Å². The van der Waals surface area contributed by atoms with Gasteiger partial charge in [0, 0.05) is 12.6 Å². The summed E-state index contributed by atoms with van der Waals surface area (Å²) in [7, 11) is 1.68. The van der Waals surface area contributed by atoms with E-state index in [9.17, 15) is 17.6 Å². The van der Waals surface area contributed by atoms with Crippen LogP contribution in [0, 0.1) is 5.82 Å². The zero-order valence-electron chi connectivity index (χ0n) is 10.9. The second-order valence-corrected chi connectivity index (χ2v) is 4.74. The van der Waals surface area contributed by atoms with Crippen LogP contribution in [0.3, 0.4) is 0 Å². The molecule has 1 aromatic carbocycles. The summed E-state index contributed by atoms with van der Waals surface area (Å²) in [6, 6.07) is 4.35. The lowest BCUT2D eigenvalue weighted by Crippen LogP contribution is -2.30. The smallest absolute Gasteiger partial charge is 0.372 e. The molecule has 1 unspecified atom stereocenters. The molecule has 0 saturated carbocycles. The number of alkyl halides is 3. The van der Waals surface area contributed by atoms with Gasteiger partial charge in [0.2, 0.25) is 0 Å². The fourth-order valence-corrected chi connectivity index (χ4v) is 1.94. The topological polar surface area (TPSA) is 21.3 Å². The van der Waals surface area contributed by atoms with Gasteiger partial charge in [-0.3, -0.25) is 0 Å². The largest absolute Gasteiger partial charge is 0.411 e. The van der Waals surface area contributed by atoms with Crippen molar-refractivity contribution in [1.82, 2.24) is 5.32 Å². The van der Waals surface area contributed by atoms with Crippen LogP contribution in [0.2, 0.25) is 5.02 Å². The number of hydrogen-bond donors (Lipinski definition) is 1. The Morgan fingerprint density at radius 2 is 2.05 bits per heavy atom. The van der Waals surface area contributed by atoms with Crippen molar-refractivity contribution in [3.63, 3.8) is 0 Å². The van der Waals surface area contributed by atoms with Gasteiger partial charge in [0.15, 0.2) is 0 Å². The summed E-state index contributed by atoms with van der Waals surface area (Å²) >= 11 is 5.83. The van der Waals surface area contributed by atoms with Crippen molar-refractivity contribution in [3.05, 3.63) is 34.6 Å². The third-order valence-electron chi connectivity index (χ3n) is 2.78. The first-order valence-corrected chi connectivity index (χ1v) is 6.46. The van der Waals surface area contributed by atoms with Gasteiger partial charge in [-0.2, -0.15) is 13.2 Å². The molecule has 1 aromatic rings. The van der Waals surface area contributed by atoms with E-state index >= 15 is 0 Å². The first-order valence-electron chi connectivity index (χ1n) is 6.08. The molecule has 2 nitrogen and oxygen atoms in total. The highest BCUT2D eigenvalue weighted by Crippen LogP contribution is 2.21. The lowest BCUT2D eigenvalue weighted by atomic mass is 10.0. The van der Waals surface area contributed by atoms with E-state index in [2.05, 4.69) is 10.1 Å². The van der Waals surface area contributed by atoms with E-state index in [1.807, 2.05) is 0 Å². The van der Waals surface area contributed by atoms with Crippen molar-refractivity contribution in [2.75, 3.05) is 20.3 Å². The molecule has 0 bridgehead atoms. The molecule has 0 fully saturated rings. The number of rotatable bonds is 7. The van der Waals surface area contributed by atoms with Crippen LogP contribution >= 0.6 is 11.6 Å². The molecule has 0 aromatic heterocycles. The zero-order valence-corrected chi connectivity index (χ0v) is 11.7. The number of likely N-dealkylation sites (N-methyl/N-ethyl adjacent to an activating group) is 1. The van der Waals surface area contributed by atoms with Crippen LogP contribution in [0.15, 0.2) is 18.2 Å². The second kappa shape index (κ2) is 7.81. The van der Waals surface area contributed by atoms with Gasteiger partial charge in [-0.1, -0.05) is 23.7 Å². The van der Waals surface area contributed by atoms with Gasteiger partial charge >= 0.3 is 6.18 Å². The fraction of sp³-hybridized carbons (Fsp3) is 0.538. The summed E-state index contributed by atoms with van der Waals surface area (Å²) in [5.74, 6) is -0.507. The van der Waals surface area contributed by atoms with E-state index in [4.69, 9.17) is 11.6 Å². The second-order valence-electron chi connectivity index (χ2n) is 4.36. The van der Waals surface area contributed by atoms with Gasteiger partial charge in [0.05, 0.1) is 5.02 Å². The molecule has 114 valence electrons. The number of halogens is 5. The maximum atomic E-state index is 13.3. The Hall–Kier alpha value is -0.850. The minimum atomic E-state index is -4.32. The van der Waals surface area contributed by atoms with E-state index in [0.29, 0.717) is 18.4 Å². The van der Waals surface area contributed by atoms with Crippen LogP contribution in [0.5, 0.6) is 0 Å². The van der Waals surface area contributed by atoms with E-state index in [1.54, 1.807) is 19.2 Å². The van der Waals surface area contributed by atoms with Gasteiger partial charge in [-0.05, 0) is 31.5 Å². The number of ether oxygens (including phenoxy) is 1. The van der Waals surface area contributed by atoms with Crippen LogP contribution in [0.1, 0.15) is 12.0 Å². The Bertz CT molecular complexity index is 425. The Morgan fingerprint density at radius 1 is 1.35 bits per heavy atom. The molecule has 1 atom stereocenters. The van der Waals surface area contributed by atoms with Crippen LogP contribution in [-0.4, -0.2) is 32.5 Å². The lowest BCUT2D eigenvalue weighted by Gasteiger charge is -2.17. The third kappa shape index (κ3) is 6.07. The average Bonchev–Trinajstić information content (AvgIpc) is 2.37. The van der Waals surface area contributed by atoms with Gasteiger partial charge in [-0.15, -0.1) is 0 Å². The van der Waals surface area contributed by atoms with E-state index in [-0.39, 0.29) is 17.7 Å². The molecule has 0 radical (unpaired) electrons. The molecule has 1 rings (SSSR count). The van der Waals surface area contributed by atoms with Crippen LogP contribution < -0.4 is 5.32 Å². The molecule has 0 amide bonds. The van der Waals surface area contributed by atoms with Gasteiger partial charge in [0.1, 0.15) is 12.4 Å². The minimum Gasteiger partial charge on any atom is -0.372 e. The van der Waals surface area contributed by atoms with Crippen molar-refractivity contribution in [2.45, 2.75) is 25.1 Å². The van der Waals surface area contributed by atoms with Crippen LogP contribution in [-0.2, 0) is 11.2 Å². The summed E-state index contributed by atoms with van der Waals surface area (Å²) in [5, 5.41) is 3.00. The molecule has 0 heterocycles. The Balaban J connectivity index is 2.45. The molecule has 0 aliphatic rings. The monoisotopic (exact) mass is 313 g/mol. The number of benzene rings is 1. The third-order valence-corrected chi connectivity index (χ3v) is 3.21. The van der Waals surface area contributed by atoms with Crippen LogP contribution in [0.4, 0.5) is 17.6 Å². The molecular weight excluding hydrogens is 298 g/mol. The molecule has 0 aliphatic carbocycles. The zero-order chi connectivity index (χ0) is 15.2. The summed E-state index contributed by atoms with van der Waals surface area (Å²) in [4.78, 5) is 0. The van der Waals surface area contributed by atoms with Crippen molar-refractivity contribution in [2.24, 2.45) is 0 Å². The molecular formula is C13H16ClF4NO. The maximum Gasteiger partial charge on any atom is 0.411 e. The van der Waals surface area contributed by atoms with E-state index in [0.717, 1.165) is 0 Å². The van der Waals surface area contributed by atoms with Gasteiger partial charge < -0.3 is 10.1 Å².